The maximum absolute atomic E-state index is 12.1. The van der Waals surface area contributed by atoms with Crippen LogP contribution in [0, 0.1) is 0 Å². The predicted molar refractivity (Wildman–Crippen MR) is 103 cm³/mol. The molecule has 2 aromatic rings. The topological polar surface area (TPSA) is 119 Å². The van der Waals surface area contributed by atoms with Crippen molar-refractivity contribution in [3.8, 4) is 0 Å². The number of aliphatic carboxylic acids is 1. The minimum atomic E-state index is -1.13. The van der Waals surface area contributed by atoms with Gasteiger partial charge in [0.15, 0.2) is 0 Å². The van der Waals surface area contributed by atoms with Gasteiger partial charge in [-0.05, 0) is 37.0 Å². The van der Waals surface area contributed by atoms with Gasteiger partial charge in [0.2, 0.25) is 0 Å². The molecule has 0 aliphatic rings. The lowest BCUT2D eigenvalue weighted by Gasteiger charge is -2.16. The SMILES string of the molecule is NC(CCC[C@H](NC(=O)c1ccccc1)C(=O)O)C(=O)OCc1ccccc1. The monoisotopic (exact) mass is 384 g/mol. The summed E-state index contributed by atoms with van der Waals surface area (Å²) in [6.45, 7) is 0.137. The van der Waals surface area contributed by atoms with Gasteiger partial charge in [-0.2, -0.15) is 0 Å². The summed E-state index contributed by atoms with van der Waals surface area (Å²) in [6, 6.07) is 15.7. The Morgan fingerprint density at radius 2 is 1.57 bits per heavy atom. The number of nitrogens with one attached hydrogen (secondary N) is 1. The quantitative estimate of drug-likeness (QED) is 0.540. The van der Waals surface area contributed by atoms with Crippen molar-refractivity contribution in [2.45, 2.75) is 38.0 Å². The number of carboxylic acid groups (broad SMARTS) is 1. The number of esters is 1. The highest BCUT2D eigenvalue weighted by Gasteiger charge is 2.22. The van der Waals surface area contributed by atoms with Crippen molar-refractivity contribution in [2.24, 2.45) is 5.73 Å². The second-order valence-electron chi connectivity index (χ2n) is 6.36. The van der Waals surface area contributed by atoms with E-state index in [4.69, 9.17) is 10.5 Å². The summed E-state index contributed by atoms with van der Waals surface area (Å²) in [6.07, 6.45) is 0.778. The zero-order valence-electron chi connectivity index (χ0n) is 15.4. The fourth-order valence-electron chi connectivity index (χ4n) is 2.58. The van der Waals surface area contributed by atoms with Crippen molar-refractivity contribution < 1.29 is 24.2 Å². The Labute approximate surface area is 163 Å². The first-order valence-electron chi connectivity index (χ1n) is 9.02. The molecule has 2 rings (SSSR count). The standard InChI is InChI=1S/C21H24N2O5/c22-17(21(27)28-14-15-8-3-1-4-9-15)12-7-13-18(20(25)26)23-19(24)16-10-5-2-6-11-16/h1-6,8-11,17-18H,7,12-14,22H2,(H,23,24)(H,25,26)/t17?,18-/m0/s1. The Bertz CT molecular complexity index is 780. The summed E-state index contributed by atoms with van der Waals surface area (Å²) in [5.41, 5.74) is 7.07. The first kappa shape index (κ1) is 21.1. The minimum absolute atomic E-state index is 0.137. The number of amides is 1. The highest BCUT2D eigenvalue weighted by Crippen LogP contribution is 2.08. The van der Waals surface area contributed by atoms with Crippen molar-refractivity contribution in [1.29, 1.82) is 0 Å². The summed E-state index contributed by atoms with van der Waals surface area (Å²) in [4.78, 5) is 35.5. The highest BCUT2D eigenvalue weighted by molar-refractivity contribution is 5.96. The molecule has 0 aliphatic carbocycles. The van der Waals surface area contributed by atoms with Crippen LogP contribution >= 0.6 is 0 Å². The van der Waals surface area contributed by atoms with Crippen molar-refractivity contribution in [1.82, 2.24) is 5.32 Å². The van der Waals surface area contributed by atoms with Gasteiger partial charge in [-0.1, -0.05) is 48.5 Å². The number of benzene rings is 2. The Kier molecular flexibility index (Phi) is 8.17. The van der Waals surface area contributed by atoms with Crippen LogP contribution in [0.4, 0.5) is 0 Å². The van der Waals surface area contributed by atoms with Gasteiger partial charge in [0.1, 0.15) is 18.7 Å². The molecule has 28 heavy (non-hydrogen) atoms. The van der Waals surface area contributed by atoms with Crippen molar-refractivity contribution in [2.75, 3.05) is 0 Å². The molecule has 2 aromatic carbocycles. The highest BCUT2D eigenvalue weighted by atomic mass is 16.5. The molecule has 0 saturated carbocycles. The molecule has 1 unspecified atom stereocenters. The van der Waals surface area contributed by atoms with Crippen LogP contribution in [0.3, 0.4) is 0 Å². The zero-order chi connectivity index (χ0) is 20.4. The van der Waals surface area contributed by atoms with Gasteiger partial charge in [-0.25, -0.2) is 4.79 Å². The van der Waals surface area contributed by atoms with Crippen LogP contribution < -0.4 is 11.1 Å². The van der Waals surface area contributed by atoms with Gasteiger partial charge >= 0.3 is 11.9 Å². The normalized spacial score (nSPS) is 12.6. The van der Waals surface area contributed by atoms with Gasteiger partial charge in [0, 0.05) is 5.56 Å². The first-order valence-corrected chi connectivity index (χ1v) is 9.02. The third kappa shape index (κ3) is 6.85. The molecular formula is C21H24N2O5. The van der Waals surface area contributed by atoms with E-state index < -0.39 is 29.9 Å². The van der Waals surface area contributed by atoms with Gasteiger partial charge in [-0.15, -0.1) is 0 Å². The van der Waals surface area contributed by atoms with Crippen LogP contribution in [0.15, 0.2) is 60.7 Å². The average Bonchev–Trinajstić information content (AvgIpc) is 2.72. The van der Waals surface area contributed by atoms with Crippen molar-refractivity contribution >= 4 is 17.8 Å². The Balaban J connectivity index is 1.76. The van der Waals surface area contributed by atoms with Crippen LogP contribution in [0.2, 0.25) is 0 Å². The fourth-order valence-corrected chi connectivity index (χ4v) is 2.58. The van der Waals surface area contributed by atoms with Crippen LogP contribution in [-0.2, 0) is 20.9 Å². The molecule has 7 nitrogen and oxygen atoms in total. The number of rotatable bonds is 10. The van der Waals surface area contributed by atoms with E-state index in [0.717, 1.165) is 5.56 Å². The lowest BCUT2D eigenvalue weighted by atomic mass is 10.1. The third-order valence-electron chi connectivity index (χ3n) is 4.17. The second kappa shape index (κ2) is 10.8. The third-order valence-corrected chi connectivity index (χ3v) is 4.17. The summed E-state index contributed by atoms with van der Waals surface area (Å²) >= 11 is 0. The van der Waals surface area contributed by atoms with E-state index >= 15 is 0 Å². The molecule has 2 atom stereocenters. The van der Waals surface area contributed by atoms with Crippen LogP contribution in [-0.4, -0.2) is 35.0 Å². The molecule has 0 spiro atoms. The summed E-state index contributed by atoms with van der Waals surface area (Å²) in [5.74, 6) is -2.13. The molecule has 7 heteroatoms. The zero-order valence-corrected chi connectivity index (χ0v) is 15.4. The van der Waals surface area contributed by atoms with E-state index in [2.05, 4.69) is 5.32 Å². The smallest absolute Gasteiger partial charge is 0.326 e. The summed E-state index contributed by atoms with van der Waals surface area (Å²) in [5, 5.41) is 11.8. The first-order chi connectivity index (χ1) is 13.5. The van der Waals surface area contributed by atoms with Crippen molar-refractivity contribution in [3.05, 3.63) is 71.8 Å². The Morgan fingerprint density at radius 1 is 0.964 bits per heavy atom. The van der Waals surface area contributed by atoms with Gasteiger partial charge in [-0.3, -0.25) is 9.59 Å². The number of carbonyl (C=O) groups excluding carboxylic acids is 2. The van der Waals surface area contributed by atoms with Crippen LogP contribution in [0.1, 0.15) is 35.2 Å². The molecule has 0 bridgehead atoms. The molecule has 0 saturated heterocycles. The number of hydrogen-bond donors (Lipinski definition) is 3. The number of ether oxygens (including phenoxy) is 1. The Morgan fingerprint density at radius 3 is 2.18 bits per heavy atom. The van der Waals surface area contributed by atoms with E-state index in [0.29, 0.717) is 12.0 Å². The number of nitrogens with two attached hydrogens (primary N) is 1. The lowest BCUT2D eigenvalue weighted by molar-refractivity contribution is -0.146. The van der Waals surface area contributed by atoms with E-state index in [9.17, 15) is 19.5 Å². The van der Waals surface area contributed by atoms with E-state index in [1.165, 1.54) is 0 Å². The fraction of sp³-hybridized carbons (Fsp3) is 0.286. The van der Waals surface area contributed by atoms with Crippen LogP contribution in [0.25, 0.3) is 0 Å². The van der Waals surface area contributed by atoms with E-state index in [1.807, 2.05) is 30.3 Å². The molecule has 1 amide bonds. The molecule has 0 aliphatic heterocycles. The number of carbonyl (C=O) groups is 3. The lowest BCUT2D eigenvalue weighted by Crippen LogP contribution is -2.41. The molecule has 0 heterocycles. The largest absolute Gasteiger partial charge is 0.480 e. The maximum Gasteiger partial charge on any atom is 0.326 e. The molecule has 4 N–H and O–H groups in total. The predicted octanol–water partition coefficient (Wildman–Crippen LogP) is 2.11. The summed E-state index contributed by atoms with van der Waals surface area (Å²) < 4.78 is 5.17. The maximum atomic E-state index is 12.1. The average molecular weight is 384 g/mol. The Hall–Kier alpha value is -3.19. The molecule has 0 fully saturated rings. The second-order valence-corrected chi connectivity index (χ2v) is 6.36. The molecule has 0 aromatic heterocycles. The van der Waals surface area contributed by atoms with E-state index in [-0.39, 0.29) is 19.4 Å². The summed E-state index contributed by atoms with van der Waals surface area (Å²) in [7, 11) is 0. The minimum Gasteiger partial charge on any atom is -0.480 e. The molecular weight excluding hydrogens is 360 g/mol. The van der Waals surface area contributed by atoms with Crippen LogP contribution in [0.5, 0.6) is 0 Å². The van der Waals surface area contributed by atoms with Gasteiger partial charge in [0.05, 0.1) is 0 Å². The number of hydrogen-bond acceptors (Lipinski definition) is 5. The molecule has 148 valence electrons. The van der Waals surface area contributed by atoms with E-state index in [1.54, 1.807) is 30.3 Å². The molecule has 0 radical (unpaired) electrons. The number of carboxylic acids is 1. The van der Waals surface area contributed by atoms with Gasteiger partial charge < -0.3 is 20.9 Å². The van der Waals surface area contributed by atoms with Crippen molar-refractivity contribution in [3.63, 3.8) is 0 Å². The van der Waals surface area contributed by atoms with Gasteiger partial charge in [0.25, 0.3) is 5.91 Å².